The Kier molecular flexibility index (Phi) is 5.50. The number of rotatable bonds is 8. The van der Waals surface area contributed by atoms with Crippen LogP contribution in [0.5, 0.6) is 0 Å². The molecule has 9 heteroatoms. The van der Waals surface area contributed by atoms with Gasteiger partial charge in [-0.05, 0) is 55.2 Å². The Morgan fingerprint density at radius 3 is 2.81 bits per heavy atom. The molecular formula is C22H23N5O3S. The molecule has 2 aliphatic heterocycles. The van der Waals surface area contributed by atoms with Crippen molar-refractivity contribution in [1.82, 2.24) is 14.8 Å². The summed E-state index contributed by atoms with van der Waals surface area (Å²) in [6.07, 6.45) is 5.57. The van der Waals surface area contributed by atoms with E-state index in [0.717, 1.165) is 61.7 Å². The number of thioether (sulfide) groups is 1. The van der Waals surface area contributed by atoms with Crippen molar-refractivity contribution in [2.24, 2.45) is 0 Å². The number of hydrogen-bond acceptors (Lipinski definition) is 7. The summed E-state index contributed by atoms with van der Waals surface area (Å²) in [4.78, 5) is 27.9. The van der Waals surface area contributed by atoms with Crippen LogP contribution >= 0.6 is 11.8 Å². The minimum Gasteiger partial charge on any atom is -0.467 e. The zero-order chi connectivity index (χ0) is 21.2. The number of benzene rings is 1. The lowest BCUT2D eigenvalue weighted by molar-refractivity contribution is -0.107. The molecule has 2 aromatic heterocycles. The van der Waals surface area contributed by atoms with E-state index in [2.05, 4.69) is 15.1 Å². The monoisotopic (exact) mass is 437 g/mol. The molecule has 1 saturated heterocycles. The van der Waals surface area contributed by atoms with Gasteiger partial charge in [-0.1, -0.05) is 11.8 Å². The van der Waals surface area contributed by atoms with E-state index < -0.39 is 0 Å². The van der Waals surface area contributed by atoms with E-state index in [1.165, 1.54) is 11.8 Å². The summed E-state index contributed by atoms with van der Waals surface area (Å²) < 4.78 is 7.57. The zero-order valence-electron chi connectivity index (χ0n) is 17.1. The van der Waals surface area contributed by atoms with Gasteiger partial charge in [0.25, 0.3) is 0 Å². The number of carbonyl (C=O) groups is 2. The number of fused-ring (bicyclic) bond motifs is 1. The van der Waals surface area contributed by atoms with Gasteiger partial charge in [-0.3, -0.25) is 14.2 Å². The van der Waals surface area contributed by atoms with Crippen molar-refractivity contribution in [3.63, 3.8) is 0 Å². The van der Waals surface area contributed by atoms with Crippen molar-refractivity contribution in [1.29, 1.82) is 0 Å². The van der Waals surface area contributed by atoms with Crippen LogP contribution in [-0.2, 0) is 17.8 Å². The average Bonchev–Trinajstić information content (AvgIpc) is 3.59. The number of nitrogens with zero attached hydrogens (tertiary/aromatic N) is 5. The Morgan fingerprint density at radius 2 is 2.03 bits per heavy atom. The fourth-order valence-corrected chi connectivity index (χ4v) is 4.99. The second-order valence-corrected chi connectivity index (χ2v) is 8.69. The second kappa shape index (κ2) is 8.58. The fourth-order valence-electron chi connectivity index (χ4n) is 4.16. The summed E-state index contributed by atoms with van der Waals surface area (Å²) in [5.41, 5.74) is 2.60. The van der Waals surface area contributed by atoms with Crippen LogP contribution in [0.2, 0.25) is 0 Å². The van der Waals surface area contributed by atoms with Gasteiger partial charge in [-0.25, -0.2) is 0 Å². The quantitative estimate of drug-likeness (QED) is 0.304. The molecule has 0 unspecified atom stereocenters. The molecule has 0 aliphatic carbocycles. The molecule has 1 aromatic carbocycles. The first-order chi connectivity index (χ1) is 15.2. The highest BCUT2D eigenvalue weighted by atomic mass is 32.2. The Bertz CT molecular complexity index is 1090. The number of hydrogen-bond donors (Lipinski definition) is 0. The summed E-state index contributed by atoms with van der Waals surface area (Å²) in [5.74, 6) is 1.96. The number of ketones is 1. The van der Waals surface area contributed by atoms with Crippen molar-refractivity contribution in [2.45, 2.75) is 31.0 Å². The standard InChI is InChI=1S/C22H23N5O3S/c28-15-26-10-7-16-12-17(5-6-19(16)26)20(29)14-31-22-24-23-21(25-8-1-2-9-25)27(22)13-18-4-3-11-30-18/h3-6,11-12,15H,1-2,7-10,13-14H2. The highest BCUT2D eigenvalue weighted by Crippen LogP contribution is 2.29. The van der Waals surface area contributed by atoms with Gasteiger partial charge in [0.1, 0.15) is 5.76 Å². The van der Waals surface area contributed by atoms with E-state index in [-0.39, 0.29) is 11.5 Å². The smallest absolute Gasteiger partial charge is 0.228 e. The predicted octanol–water partition coefficient (Wildman–Crippen LogP) is 3.01. The van der Waals surface area contributed by atoms with Crippen molar-refractivity contribution in [3.05, 3.63) is 53.5 Å². The fraction of sp³-hybridized carbons (Fsp3) is 0.364. The van der Waals surface area contributed by atoms with Crippen LogP contribution in [0.4, 0.5) is 11.6 Å². The molecule has 4 heterocycles. The van der Waals surface area contributed by atoms with E-state index in [1.54, 1.807) is 17.2 Å². The molecule has 0 radical (unpaired) electrons. The predicted molar refractivity (Wildman–Crippen MR) is 118 cm³/mol. The van der Waals surface area contributed by atoms with E-state index in [1.807, 2.05) is 28.8 Å². The van der Waals surface area contributed by atoms with Crippen LogP contribution in [-0.4, -0.2) is 52.3 Å². The number of anilines is 2. The molecule has 3 aromatic rings. The molecule has 0 atom stereocenters. The third kappa shape index (κ3) is 3.97. The summed E-state index contributed by atoms with van der Waals surface area (Å²) in [6.45, 7) is 3.13. The number of carbonyl (C=O) groups excluding carboxylic acids is 2. The molecule has 0 saturated carbocycles. The first-order valence-electron chi connectivity index (χ1n) is 10.4. The maximum absolute atomic E-state index is 12.9. The molecule has 0 spiro atoms. The lowest BCUT2D eigenvalue weighted by Crippen LogP contribution is -2.22. The van der Waals surface area contributed by atoms with E-state index in [0.29, 0.717) is 23.8 Å². The SMILES string of the molecule is O=CN1CCc2cc(C(=O)CSc3nnc(N4CCCC4)n3Cc3ccco3)ccc21. The molecule has 0 bridgehead atoms. The normalized spacial score (nSPS) is 15.5. The van der Waals surface area contributed by atoms with Gasteiger partial charge in [0.05, 0.1) is 18.6 Å². The maximum atomic E-state index is 12.9. The number of amides is 1. The van der Waals surface area contributed by atoms with Crippen LogP contribution in [0, 0.1) is 0 Å². The van der Waals surface area contributed by atoms with Gasteiger partial charge in [0.15, 0.2) is 10.9 Å². The van der Waals surface area contributed by atoms with Crippen molar-refractivity contribution in [2.75, 3.05) is 35.2 Å². The molecule has 1 fully saturated rings. The second-order valence-electron chi connectivity index (χ2n) is 7.75. The minimum absolute atomic E-state index is 0.0348. The van der Waals surface area contributed by atoms with Crippen molar-refractivity contribution < 1.29 is 14.0 Å². The first kappa shape index (κ1) is 19.9. The van der Waals surface area contributed by atoms with Gasteiger partial charge >= 0.3 is 0 Å². The van der Waals surface area contributed by atoms with Crippen LogP contribution in [0.3, 0.4) is 0 Å². The van der Waals surface area contributed by atoms with Crippen molar-refractivity contribution in [3.8, 4) is 0 Å². The Morgan fingerprint density at radius 1 is 1.16 bits per heavy atom. The summed E-state index contributed by atoms with van der Waals surface area (Å²) in [7, 11) is 0. The van der Waals surface area contributed by atoms with Gasteiger partial charge in [-0.2, -0.15) is 0 Å². The number of Topliss-reactive ketones (excluding diaryl/α,β-unsaturated/α-hetero) is 1. The van der Waals surface area contributed by atoms with Crippen LogP contribution in [0.1, 0.15) is 34.5 Å². The van der Waals surface area contributed by atoms with E-state index in [9.17, 15) is 9.59 Å². The largest absolute Gasteiger partial charge is 0.467 e. The van der Waals surface area contributed by atoms with Gasteiger partial charge in [-0.15, -0.1) is 10.2 Å². The molecule has 31 heavy (non-hydrogen) atoms. The van der Waals surface area contributed by atoms with Gasteiger partial charge < -0.3 is 14.2 Å². The maximum Gasteiger partial charge on any atom is 0.228 e. The topological polar surface area (TPSA) is 84.5 Å². The third-order valence-electron chi connectivity index (χ3n) is 5.77. The summed E-state index contributed by atoms with van der Waals surface area (Å²) >= 11 is 1.39. The lowest BCUT2D eigenvalue weighted by atomic mass is 10.1. The van der Waals surface area contributed by atoms with Crippen LogP contribution in [0.15, 0.2) is 46.2 Å². The zero-order valence-corrected chi connectivity index (χ0v) is 17.9. The molecule has 8 nitrogen and oxygen atoms in total. The van der Waals surface area contributed by atoms with Crippen LogP contribution < -0.4 is 9.80 Å². The molecular weight excluding hydrogens is 414 g/mol. The minimum atomic E-state index is 0.0348. The number of furan rings is 1. The molecule has 2 aliphatic rings. The highest BCUT2D eigenvalue weighted by molar-refractivity contribution is 7.99. The molecule has 1 amide bonds. The highest BCUT2D eigenvalue weighted by Gasteiger charge is 2.24. The number of aromatic nitrogens is 3. The molecule has 160 valence electrons. The summed E-state index contributed by atoms with van der Waals surface area (Å²) in [5, 5.41) is 9.51. The van der Waals surface area contributed by atoms with E-state index >= 15 is 0 Å². The summed E-state index contributed by atoms with van der Waals surface area (Å²) in [6, 6.07) is 9.36. The third-order valence-corrected chi connectivity index (χ3v) is 6.74. The average molecular weight is 438 g/mol. The van der Waals surface area contributed by atoms with Gasteiger partial charge in [0, 0.05) is 30.9 Å². The molecule has 5 rings (SSSR count). The lowest BCUT2D eigenvalue weighted by Gasteiger charge is -2.17. The first-order valence-corrected chi connectivity index (χ1v) is 11.4. The Balaban J connectivity index is 1.33. The Labute approximate surface area is 184 Å². The van der Waals surface area contributed by atoms with Crippen molar-refractivity contribution >= 4 is 35.6 Å². The van der Waals surface area contributed by atoms with E-state index in [4.69, 9.17) is 4.42 Å². The molecule has 0 N–H and O–H groups in total. The van der Waals surface area contributed by atoms with Gasteiger partial charge in [0.2, 0.25) is 12.4 Å². The Hall–Kier alpha value is -3.07. The van der Waals surface area contributed by atoms with Crippen LogP contribution in [0.25, 0.3) is 0 Å².